The SMILES string of the molecule is COc1ccnc(-c2c(C)[nH]n(C)c2=O)n1. The van der Waals surface area contributed by atoms with E-state index in [0.29, 0.717) is 17.3 Å². The van der Waals surface area contributed by atoms with E-state index in [-0.39, 0.29) is 5.56 Å². The number of aryl methyl sites for hydroxylation is 2. The normalized spacial score (nSPS) is 10.4. The molecule has 6 nitrogen and oxygen atoms in total. The lowest BCUT2D eigenvalue weighted by Crippen LogP contribution is -2.14. The summed E-state index contributed by atoms with van der Waals surface area (Å²) >= 11 is 0. The van der Waals surface area contributed by atoms with Crippen LogP contribution in [0.25, 0.3) is 11.4 Å². The zero-order chi connectivity index (χ0) is 11.7. The van der Waals surface area contributed by atoms with Crippen molar-refractivity contribution in [3.8, 4) is 17.3 Å². The predicted octanol–water partition coefficient (Wildman–Crippen LogP) is 0.487. The van der Waals surface area contributed by atoms with Gasteiger partial charge < -0.3 is 4.74 Å². The minimum Gasteiger partial charge on any atom is -0.481 e. The van der Waals surface area contributed by atoms with Crippen LogP contribution in [0.3, 0.4) is 0 Å². The molecule has 2 aromatic rings. The summed E-state index contributed by atoms with van der Waals surface area (Å²) < 4.78 is 6.39. The first-order valence-electron chi connectivity index (χ1n) is 4.76. The van der Waals surface area contributed by atoms with E-state index in [1.54, 1.807) is 26.2 Å². The summed E-state index contributed by atoms with van der Waals surface area (Å²) in [6.45, 7) is 1.81. The van der Waals surface area contributed by atoms with Crippen LogP contribution in [0.4, 0.5) is 0 Å². The van der Waals surface area contributed by atoms with Gasteiger partial charge in [-0.2, -0.15) is 4.98 Å². The number of hydrogen-bond acceptors (Lipinski definition) is 4. The van der Waals surface area contributed by atoms with Gasteiger partial charge in [-0.1, -0.05) is 0 Å². The van der Waals surface area contributed by atoms with E-state index in [4.69, 9.17) is 4.74 Å². The summed E-state index contributed by atoms with van der Waals surface area (Å²) in [6, 6.07) is 1.63. The van der Waals surface area contributed by atoms with Crippen molar-refractivity contribution in [2.24, 2.45) is 7.05 Å². The smallest absolute Gasteiger partial charge is 0.277 e. The molecule has 0 aliphatic rings. The van der Waals surface area contributed by atoms with Gasteiger partial charge in [-0.15, -0.1) is 0 Å². The monoisotopic (exact) mass is 220 g/mol. The molecule has 1 N–H and O–H groups in total. The fourth-order valence-corrected chi connectivity index (χ4v) is 1.53. The highest BCUT2D eigenvalue weighted by Crippen LogP contribution is 2.15. The predicted molar refractivity (Wildman–Crippen MR) is 58.3 cm³/mol. The summed E-state index contributed by atoms with van der Waals surface area (Å²) in [4.78, 5) is 20.0. The molecule has 6 heteroatoms. The molecule has 84 valence electrons. The maximum atomic E-state index is 11.8. The average Bonchev–Trinajstić information content (AvgIpc) is 2.53. The van der Waals surface area contributed by atoms with Gasteiger partial charge in [0.25, 0.3) is 5.56 Å². The number of aromatic amines is 1. The molecule has 0 atom stereocenters. The Bertz CT molecular complexity index is 570. The minimum atomic E-state index is -0.147. The Balaban J connectivity index is 2.62. The van der Waals surface area contributed by atoms with Crippen LogP contribution in [-0.2, 0) is 7.05 Å². The molecule has 0 aliphatic carbocycles. The summed E-state index contributed by atoms with van der Waals surface area (Å²) in [6.07, 6.45) is 1.56. The van der Waals surface area contributed by atoms with E-state index in [2.05, 4.69) is 15.1 Å². The van der Waals surface area contributed by atoms with E-state index >= 15 is 0 Å². The molecule has 2 rings (SSSR count). The molecule has 2 aromatic heterocycles. The van der Waals surface area contributed by atoms with Crippen molar-refractivity contribution < 1.29 is 4.74 Å². The molecule has 0 bridgehead atoms. The summed E-state index contributed by atoms with van der Waals surface area (Å²) in [7, 11) is 3.17. The van der Waals surface area contributed by atoms with Crippen LogP contribution in [0, 0.1) is 6.92 Å². The van der Waals surface area contributed by atoms with Gasteiger partial charge in [0.05, 0.1) is 7.11 Å². The van der Waals surface area contributed by atoms with Crippen LogP contribution in [-0.4, -0.2) is 26.9 Å². The standard InChI is InChI=1S/C10H12N4O2/c1-6-8(10(15)14(2)13-6)9-11-5-4-7(12-9)16-3/h4-5,13H,1-3H3. The number of rotatable bonds is 2. The van der Waals surface area contributed by atoms with E-state index in [0.717, 1.165) is 5.69 Å². The Labute approximate surface area is 91.9 Å². The van der Waals surface area contributed by atoms with E-state index in [1.807, 2.05) is 0 Å². The minimum absolute atomic E-state index is 0.147. The number of H-pyrrole nitrogens is 1. The maximum absolute atomic E-state index is 11.8. The van der Waals surface area contributed by atoms with Crippen molar-refractivity contribution in [2.75, 3.05) is 7.11 Å². The third kappa shape index (κ3) is 1.58. The number of hydrogen-bond donors (Lipinski definition) is 1. The molecule has 0 aromatic carbocycles. The van der Waals surface area contributed by atoms with Crippen LogP contribution in [0.15, 0.2) is 17.1 Å². The van der Waals surface area contributed by atoms with Crippen LogP contribution in [0.1, 0.15) is 5.69 Å². The zero-order valence-electron chi connectivity index (χ0n) is 9.31. The lowest BCUT2D eigenvalue weighted by Gasteiger charge is -2.00. The number of nitrogens with zero attached hydrogens (tertiary/aromatic N) is 3. The molecule has 0 aliphatic heterocycles. The molecule has 0 spiro atoms. The molecular formula is C10H12N4O2. The summed E-state index contributed by atoms with van der Waals surface area (Å²) in [5.74, 6) is 0.811. The third-order valence-electron chi connectivity index (χ3n) is 2.29. The Morgan fingerprint density at radius 2 is 2.25 bits per heavy atom. The molecule has 16 heavy (non-hydrogen) atoms. The fourth-order valence-electron chi connectivity index (χ4n) is 1.53. The van der Waals surface area contributed by atoms with E-state index < -0.39 is 0 Å². The summed E-state index contributed by atoms with van der Waals surface area (Å²) in [5.41, 5.74) is 1.06. The van der Waals surface area contributed by atoms with Crippen LogP contribution < -0.4 is 10.3 Å². The molecule has 0 fully saturated rings. The van der Waals surface area contributed by atoms with Crippen LogP contribution in [0.2, 0.25) is 0 Å². The highest BCUT2D eigenvalue weighted by atomic mass is 16.5. The first-order valence-corrected chi connectivity index (χ1v) is 4.76. The van der Waals surface area contributed by atoms with Gasteiger partial charge in [0.2, 0.25) is 5.88 Å². The maximum Gasteiger partial charge on any atom is 0.277 e. The second-order valence-corrected chi connectivity index (χ2v) is 3.40. The Hall–Kier alpha value is -2.11. The summed E-state index contributed by atoms with van der Waals surface area (Å²) in [5, 5.41) is 2.90. The molecule has 0 saturated carbocycles. The second kappa shape index (κ2) is 3.80. The lowest BCUT2D eigenvalue weighted by molar-refractivity contribution is 0.397. The van der Waals surface area contributed by atoms with Crippen LogP contribution >= 0.6 is 0 Å². The Kier molecular flexibility index (Phi) is 2.47. The van der Waals surface area contributed by atoms with Gasteiger partial charge in [0, 0.05) is 25.0 Å². The lowest BCUT2D eigenvalue weighted by atomic mass is 10.2. The van der Waals surface area contributed by atoms with Crippen molar-refractivity contribution in [3.63, 3.8) is 0 Å². The number of methoxy groups -OCH3 is 1. The van der Waals surface area contributed by atoms with Gasteiger partial charge in [0.1, 0.15) is 5.56 Å². The second-order valence-electron chi connectivity index (χ2n) is 3.40. The van der Waals surface area contributed by atoms with E-state index in [9.17, 15) is 4.79 Å². The molecule has 0 radical (unpaired) electrons. The Morgan fingerprint density at radius 1 is 1.50 bits per heavy atom. The van der Waals surface area contributed by atoms with Gasteiger partial charge >= 0.3 is 0 Å². The van der Waals surface area contributed by atoms with Crippen molar-refractivity contribution in [3.05, 3.63) is 28.3 Å². The Morgan fingerprint density at radius 3 is 2.81 bits per heavy atom. The number of ether oxygens (including phenoxy) is 1. The molecule has 0 saturated heterocycles. The fraction of sp³-hybridized carbons (Fsp3) is 0.300. The molecular weight excluding hydrogens is 208 g/mol. The quantitative estimate of drug-likeness (QED) is 0.799. The number of aromatic nitrogens is 4. The average molecular weight is 220 g/mol. The topological polar surface area (TPSA) is 72.8 Å². The van der Waals surface area contributed by atoms with Gasteiger partial charge in [-0.05, 0) is 6.92 Å². The van der Waals surface area contributed by atoms with Gasteiger partial charge in [-0.3, -0.25) is 14.6 Å². The molecule has 2 heterocycles. The highest BCUT2D eigenvalue weighted by molar-refractivity contribution is 5.56. The molecule has 0 amide bonds. The van der Waals surface area contributed by atoms with Crippen molar-refractivity contribution in [1.29, 1.82) is 0 Å². The largest absolute Gasteiger partial charge is 0.481 e. The van der Waals surface area contributed by atoms with Crippen LogP contribution in [0.5, 0.6) is 5.88 Å². The zero-order valence-corrected chi connectivity index (χ0v) is 9.31. The highest BCUT2D eigenvalue weighted by Gasteiger charge is 2.14. The van der Waals surface area contributed by atoms with E-state index in [1.165, 1.54) is 11.8 Å². The third-order valence-corrected chi connectivity index (χ3v) is 2.29. The first kappa shape index (κ1) is 10.4. The van der Waals surface area contributed by atoms with Gasteiger partial charge in [-0.25, -0.2) is 4.98 Å². The van der Waals surface area contributed by atoms with Gasteiger partial charge in [0.15, 0.2) is 5.82 Å². The number of nitrogens with one attached hydrogen (secondary N) is 1. The van der Waals surface area contributed by atoms with Crippen molar-refractivity contribution in [2.45, 2.75) is 6.92 Å². The molecule has 0 unspecified atom stereocenters. The van der Waals surface area contributed by atoms with Crippen molar-refractivity contribution >= 4 is 0 Å². The first-order chi connectivity index (χ1) is 7.63. The van der Waals surface area contributed by atoms with Crippen molar-refractivity contribution in [1.82, 2.24) is 19.7 Å².